The van der Waals surface area contributed by atoms with Crippen LogP contribution in [-0.2, 0) is 21.4 Å². The third-order valence-electron chi connectivity index (χ3n) is 7.13. The zero-order valence-corrected chi connectivity index (χ0v) is 22.4. The fourth-order valence-corrected chi connectivity index (χ4v) is 8.13. The third kappa shape index (κ3) is 6.12. The molecule has 0 aromatic carbocycles. The van der Waals surface area contributed by atoms with Gasteiger partial charge in [0.05, 0.1) is 11.7 Å². The van der Waals surface area contributed by atoms with Gasteiger partial charge in [-0.1, -0.05) is 19.8 Å². The van der Waals surface area contributed by atoms with E-state index in [9.17, 15) is 18.0 Å². The predicted octanol–water partition coefficient (Wildman–Crippen LogP) is 2.57. The van der Waals surface area contributed by atoms with Crippen molar-refractivity contribution in [1.29, 1.82) is 0 Å². The van der Waals surface area contributed by atoms with Crippen LogP contribution < -0.4 is 10.9 Å². The van der Waals surface area contributed by atoms with Gasteiger partial charge in [0.2, 0.25) is 15.9 Å². The number of nitrogens with zero attached hydrogens (tertiary/aromatic N) is 4. The van der Waals surface area contributed by atoms with Gasteiger partial charge in [0.15, 0.2) is 0 Å². The van der Waals surface area contributed by atoms with Crippen LogP contribution in [0.4, 0.5) is 0 Å². The Morgan fingerprint density at radius 1 is 1.14 bits per heavy atom. The minimum Gasteiger partial charge on any atom is -0.354 e. The van der Waals surface area contributed by atoms with Gasteiger partial charge in [0.25, 0.3) is 5.56 Å². The first kappa shape index (κ1) is 26.2. The minimum absolute atomic E-state index is 0.0526. The predicted molar refractivity (Wildman–Crippen MR) is 138 cm³/mol. The molecule has 0 spiro atoms. The van der Waals surface area contributed by atoms with E-state index < -0.39 is 15.6 Å². The van der Waals surface area contributed by atoms with Crippen molar-refractivity contribution < 1.29 is 13.2 Å². The Morgan fingerprint density at radius 3 is 2.51 bits per heavy atom. The number of amides is 1. The van der Waals surface area contributed by atoms with Crippen molar-refractivity contribution >= 4 is 37.5 Å². The van der Waals surface area contributed by atoms with Gasteiger partial charge in [-0.25, -0.2) is 13.4 Å². The highest BCUT2D eigenvalue weighted by Crippen LogP contribution is 2.34. The van der Waals surface area contributed by atoms with E-state index in [4.69, 9.17) is 0 Å². The second-order valence-corrected chi connectivity index (χ2v) is 13.0. The number of likely N-dealkylation sites (tertiary alicyclic amines) is 1. The number of hydrogen-bond donors (Lipinski definition) is 1. The number of hydrogen-bond acceptors (Lipinski definition) is 7. The number of aromatic nitrogens is 2. The molecule has 0 saturated carbocycles. The number of sulfonamides is 1. The smallest absolute Gasteiger partial charge is 0.263 e. The maximum absolute atomic E-state index is 13.5. The van der Waals surface area contributed by atoms with Crippen molar-refractivity contribution in [3.05, 3.63) is 21.6 Å². The molecule has 2 fully saturated rings. The van der Waals surface area contributed by atoms with E-state index in [0.717, 1.165) is 38.9 Å². The molecule has 35 heavy (non-hydrogen) atoms. The van der Waals surface area contributed by atoms with Crippen LogP contribution in [0.25, 0.3) is 10.2 Å². The summed E-state index contributed by atoms with van der Waals surface area (Å²) in [6.45, 7) is 8.31. The fraction of sp³-hybridized carbons (Fsp3) is 0.708. The monoisotopic (exact) mass is 523 g/mol. The molecule has 9 nitrogen and oxygen atoms in total. The Kier molecular flexibility index (Phi) is 8.62. The second kappa shape index (κ2) is 11.5. The van der Waals surface area contributed by atoms with Gasteiger partial charge >= 0.3 is 0 Å². The lowest BCUT2D eigenvalue weighted by Gasteiger charge is -2.29. The Labute approximate surface area is 211 Å². The van der Waals surface area contributed by atoms with Crippen LogP contribution in [0.2, 0.25) is 0 Å². The van der Waals surface area contributed by atoms with E-state index in [-0.39, 0.29) is 22.7 Å². The molecule has 0 radical (unpaired) electrons. The third-order valence-corrected chi connectivity index (χ3v) is 10.3. The van der Waals surface area contributed by atoms with Crippen LogP contribution in [0.5, 0.6) is 0 Å². The van der Waals surface area contributed by atoms with E-state index in [1.165, 1.54) is 52.2 Å². The summed E-state index contributed by atoms with van der Waals surface area (Å²) >= 11 is 1.21. The van der Waals surface area contributed by atoms with Crippen molar-refractivity contribution in [1.82, 2.24) is 24.1 Å². The molecular formula is C24H37N5O4S2. The van der Waals surface area contributed by atoms with Gasteiger partial charge in [-0.3, -0.25) is 14.2 Å². The number of fused-ring (bicyclic) bond motifs is 1. The Bertz CT molecular complexity index is 1190. The molecule has 2 aliphatic rings. The fourth-order valence-electron chi connectivity index (χ4n) is 4.99. The molecule has 0 aliphatic carbocycles. The Hall–Kier alpha value is -1.82. The van der Waals surface area contributed by atoms with Crippen LogP contribution in [-0.4, -0.2) is 72.3 Å². The number of carbonyl (C=O) groups is 1. The Morgan fingerprint density at radius 2 is 1.83 bits per heavy atom. The van der Waals surface area contributed by atoms with E-state index in [2.05, 4.69) is 22.1 Å². The first-order chi connectivity index (χ1) is 16.8. The van der Waals surface area contributed by atoms with Gasteiger partial charge < -0.3 is 10.2 Å². The minimum atomic E-state index is -3.81. The molecule has 1 N–H and O–H groups in total. The van der Waals surface area contributed by atoms with Gasteiger partial charge in [-0.05, 0) is 64.6 Å². The zero-order valence-electron chi connectivity index (χ0n) is 20.8. The number of thiophene rings is 1. The van der Waals surface area contributed by atoms with Gasteiger partial charge in [0.1, 0.15) is 16.3 Å². The quantitative estimate of drug-likeness (QED) is 0.534. The maximum atomic E-state index is 13.5. The molecule has 1 amide bonds. The topological polar surface area (TPSA) is 105 Å². The summed E-state index contributed by atoms with van der Waals surface area (Å²) < 4.78 is 29.7. The van der Waals surface area contributed by atoms with Crippen molar-refractivity contribution in [2.24, 2.45) is 5.92 Å². The standard InChI is InChI=1S/C24H37N5O4S2/c1-18-8-14-29(15-9-18)35(32,33)22-19(2)34-23-21(22)24(31)28(17-26-23)16-20(30)25-10-7-13-27-11-5-3-4-6-12-27/h17-18H,3-16H2,1-2H3,(H,25,30). The summed E-state index contributed by atoms with van der Waals surface area (Å²) in [5.41, 5.74) is -0.483. The molecule has 194 valence electrons. The molecule has 2 aromatic heterocycles. The van der Waals surface area contributed by atoms with Crippen molar-refractivity contribution in [2.75, 3.05) is 39.3 Å². The number of aryl methyl sites for hydroxylation is 1. The Balaban J connectivity index is 1.44. The lowest BCUT2D eigenvalue weighted by Crippen LogP contribution is -2.38. The molecule has 0 atom stereocenters. The highest BCUT2D eigenvalue weighted by Gasteiger charge is 2.33. The van der Waals surface area contributed by atoms with E-state index in [1.54, 1.807) is 6.92 Å². The summed E-state index contributed by atoms with van der Waals surface area (Å²) in [4.78, 5) is 33.6. The average Bonchev–Trinajstić information content (AvgIpc) is 2.98. The van der Waals surface area contributed by atoms with Gasteiger partial charge in [-0.15, -0.1) is 11.3 Å². The van der Waals surface area contributed by atoms with Crippen LogP contribution in [0.1, 0.15) is 56.7 Å². The first-order valence-electron chi connectivity index (χ1n) is 12.7. The van der Waals surface area contributed by atoms with Crippen LogP contribution in [0.15, 0.2) is 16.0 Å². The number of nitrogens with one attached hydrogen (secondary N) is 1. The summed E-state index contributed by atoms with van der Waals surface area (Å²) in [7, 11) is -3.81. The van der Waals surface area contributed by atoms with Gasteiger partial charge in [-0.2, -0.15) is 4.31 Å². The first-order valence-corrected chi connectivity index (χ1v) is 15.0. The summed E-state index contributed by atoms with van der Waals surface area (Å²) in [6.07, 6.45) is 8.88. The normalized spacial score (nSPS) is 19.1. The summed E-state index contributed by atoms with van der Waals surface area (Å²) in [5.74, 6) is 0.217. The molecule has 0 unspecified atom stereocenters. The van der Waals surface area contributed by atoms with Gasteiger partial charge in [0, 0.05) is 24.5 Å². The molecule has 2 aromatic rings. The number of piperidine rings is 1. The van der Waals surface area contributed by atoms with E-state index >= 15 is 0 Å². The zero-order chi connectivity index (χ0) is 25.0. The molecule has 4 heterocycles. The molecule has 0 bridgehead atoms. The molecule has 4 rings (SSSR count). The van der Waals surface area contributed by atoms with Crippen LogP contribution in [0.3, 0.4) is 0 Å². The van der Waals surface area contributed by atoms with Crippen molar-refractivity contribution in [3.63, 3.8) is 0 Å². The number of carbonyl (C=O) groups excluding carboxylic acids is 1. The second-order valence-electron chi connectivity index (χ2n) is 9.89. The summed E-state index contributed by atoms with van der Waals surface area (Å²) in [5, 5.41) is 2.99. The van der Waals surface area contributed by atoms with Crippen LogP contribution >= 0.6 is 11.3 Å². The van der Waals surface area contributed by atoms with Crippen LogP contribution in [0, 0.1) is 12.8 Å². The highest BCUT2D eigenvalue weighted by atomic mass is 32.2. The van der Waals surface area contributed by atoms with Crippen molar-refractivity contribution in [3.8, 4) is 0 Å². The largest absolute Gasteiger partial charge is 0.354 e. The van der Waals surface area contributed by atoms with Crippen molar-refractivity contribution in [2.45, 2.75) is 70.2 Å². The lowest BCUT2D eigenvalue weighted by molar-refractivity contribution is -0.121. The molecular weight excluding hydrogens is 486 g/mol. The highest BCUT2D eigenvalue weighted by molar-refractivity contribution is 7.89. The number of rotatable bonds is 8. The molecule has 2 saturated heterocycles. The van der Waals surface area contributed by atoms with E-state index in [1.807, 2.05) is 0 Å². The van der Waals surface area contributed by atoms with E-state index in [0.29, 0.717) is 35.3 Å². The molecule has 11 heteroatoms. The SMILES string of the molecule is Cc1sc2ncn(CC(=O)NCCCN3CCCCCC3)c(=O)c2c1S(=O)(=O)N1CCC(C)CC1. The molecule has 2 aliphatic heterocycles. The average molecular weight is 524 g/mol. The lowest BCUT2D eigenvalue weighted by atomic mass is 10.0. The summed E-state index contributed by atoms with van der Waals surface area (Å²) in [6, 6.07) is 0. The maximum Gasteiger partial charge on any atom is 0.263 e.